The van der Waals surface area contributed by atoms with Gasteiger partial charge in [0.05, 0.1) is 10.2 Å². The molecule has 0 bridgehead atoms. The maximum absolute atomic E-state index is 13.2. The molecule has 1 aromatic carbocycles. The lowest BCUT2D eigenvalue weighted by molar-refractivity contribution is 0.540. The molecule has 4 nitrogen and oxygen atoms in total. The zero-order valence-corrected chi connectivity index (χ0v) is 13.3. The Morgan fingerprint density at radius 2 is 2.05 bits per heavy atom. The molecule has 19 heavy (non-hydrogen) atoms. The summed E-state index contributed by atoms with van der Waals surface area (Å²) in [6.45, 7) is 4.49. The number of hydrogen-bond donors (Lipinski definition) is 2. The molecule has 3 N–H and O–H groups in total. The van der Waals surface area contributed by atoms with Gasteiger partial charge in [-0.25, -0.2) is 17.5 Å². The van der Waals surface area contributed by atoms with Gasteiger partial charge >= 0.3 is 0 Å². The fraction of sp³-hybridized carbons (Fsp3) is 0.500. The number of nitrogen functional groups attached to an aromatic ring is 1. The maximum atomic E-state index is 13.2. The molecule has 0 aliphatic heterocycles. The Morgan fingerprint density at radius 3 is 2.63 bits per heavy atom. The number of nitrogens with one attached hydrogen (secondary N) is 1. The zero-order valence-electron chi connectivity index (χ0n) is 10.9. The van der Waals surface area contributed by atoms with E-state index in [9.17, 15) is 12.8 Å². The number of hydrogen-bond acceptors (Lipinski definition) is 3. The second-order valence-electron chi connectivity index (χ2n) is 4.74. The molecule has 1 aromatic rings. The van der Waals surface area contributed by atoms with E-state index in [1.54, 1.807) is 0 Å². The third-order valence-electron chi connectivity index (χ3n) is 2.59. The highest BCUT2D eigenvalue weighted by Gasteiger charge is 2.19. The van der Waals surface area contributed by atoms with Gasteiger partial charge in [0, 0.05) is 6.54 Å². The van der Waals surface area contributed by atoms with Crippen molar-refractivity contribution in [2.45, 2.75) is 31.6 Å². The highest BCUT2D eigenvalue weighted by atomic mass is 79.9. The van der Waals surface area contributed by atoms with Crippen LogP contribution in [0.3, 0.4) is 0 Å². The van der Waals surface area contributed by atoms with Crippen LogP contribution in [0.5, 0.6) is 0 Å². The summed E-state index contributed by atoms with van der Waals surface area (Å²) in [6, 6.07) is 2.17. The van der Waals surface area contributed by atoms with Gasteiger partial charge in [-0.15, -0.1) is 0 Å². The topological polar surface area (TPSA) is 72.2 Å². The molecular formula is C12H18BrFN2O2S. The third kappa shape index (κ3) is 4.74. The molecule has 0 amide bonds. The number of anilines is 1. The quantitative estimate of drug-likeness (QED) is 0.610. The number of nitrogens with two attached hydrogens (primary N) is 1. The molecule has 7 heteroatoms. The van der Waals surface area contributed by atoms with Crippen LogP contribution in [0.15, 0.2) is 21.5 Å². The average molecular weight is 353 g/mol. The van der Waals surface area contributed by atoms with Crippen molar-refractivity contribution in [2.75, 3.05) is 12.3 Å². The van der Waals surface area contributed by atoms with Gasteiger partial charge < -0.3 is 5.73 Å². The Balaban J connectivity index is 2.80. The Bertz CT molecular complexity index is 547. The van der Waals surface area contributed by atoms with Crippen molar-refractivity contribution in [1.29, 1.82) is 0 Å². The van der Waals surface area contributed by atoms with Gasteiger partial charge in [0.1, 0.15) is 10.7 Å². The summed E-state index contributed by atoms with van der Waals surface area (Å²) in [6.07, 6.45) is 1.68. The standard InChI is InChI=1S/C12H18BrFN2O2S/c1-8(2)4-3-5-16-19(17,18)12-6-9(13)10(14)7-11(12)15/h6-8,16H,3-5,15H2,1-2H3. The second kappa shape index (κ2) is 6.67. The van der Waals surface area contributed by atoms with E-state index in [1.165, 1.54) is 6.07 Å². The van der Waals surface area contributed by atoms with Gasteiger partial charge in [-0.2, -0.15) is 0 Å². The summed E-state index contributed by atoms with van der Waals surface area (Å²) in [4.78, 5) is -0.106. The second-order valence-corrected chi connectivity index (χ2v) is 7.33. The maximum Gasteiger partial charge on any atom is 0.242 e. The fourth-order valence-corrected chi connectivity index (χ4v) is 3.28. The van der Waals surface area contributed by atoms with Gasteiger partial charge in [-0.1, -0.05) is 13.8 Å². The summed E-state index contributed by atoms with van der Waals surface area (Å²) < 4.78 is 39.8. The first-order chi connectivity index (χ1) is 8.74. The molecule has 0 saturated heterocycles. The van der Waals surface area contributed by atoms with Crippen molar-refractivity contribution < 1.29 is 12.8 Å². The van der Waals surface area contributed by atoms with Crippen LogP contribution in [0.1, 0.15) is 26.7 Å². The van der Waals surface area contributed by atoms with Crippen LogP contribution in [0, 0.1) is 11.7 Å². The van der Waals surface area contributed by atoms with Gasteiger partial charge in [-0.3, -0.25) is 0 Å². The number of rotatable bonds is 6. The van der Waals surface area contributed by atoms with Crippen LogP contribution >= 0.6 is 15.9 Å². The number of halogens is 2. The minimum absolute atomic E-state index is 0.0734. The van der Waals surface area contributed by atoms with E-state index in [1.807, 2.05) is 0 Å². The molecule has 0 aliphatic carbocycles. The first-order valence-corrected chi connectivity index (χ1v) is 8.26. The van der Waals surface area contributed by atoms with E-state index in [0.29, 0.717) is 12.5 Å². The minimum atomic E-state index is -3.70. The predicted molar refractivity (Wildman–Crippen MR) is 77.8 cm³/mol. The number of benzene rings is 1. The van der Waals surface area contributed by atoms with E-state index in [4.69, 9.17) is 5.73 Å². The van der Waals surface area contributed by atoms with Crippen molar-refractivity contribution in [3.8, 4) is 0 Å². The molecule has 0 heterocycles. The van der Waals surface area contributed by atoms with Gasteiger partial charge in [0.15, 0.2) is 0 Å². The molecule has 0 spiro atoms. The highest BCUT2D eigenvalue weighted by molar-refractivity contribution is 9.10. The molecule has 0 atom stereocenters. The van der Waals surface area contributed by atoms with Crippen LogP contribution in [-0.4, -0.2) is 15.0 Å². The summed E-state index contributed by atoms with van der Waals surface area (Å²) in [5.74, 6) is -0.0641. The van der Waals surface area contributed by atoms with Gasteiger partial charge in [0.25, 0.3) is 0 Å². The van der Waals surface area contributed by atoms with Crippen molar-refractivity contribution >= 4 is 31.6 Å². The van der Waals surface area contributed by atoms with Crippen LogP contribution in [-0.2, 0) is 10.0 Å². The van der Waals surface area contributed by atoms with Crippen molar-refractivity contribution in [3.05, 3.63) is 22.4 Å². The van der Waals surface area contributed by atoms with Crippen molar-refractivity contribution in [1.82, 2.24) is 4.72 Å². The first-order valence-electron chi connectivity index (χ1n) is 5.98. The molecule has 108 valence electrons. The zero-order chi connectivity index (χ0) is 14.6. The summed E-state index contributed by atoms with van der Waals surface area (Å²) >= 11 is 2.95. The predicted octanol–water partition coefficient (Wildman–Crippen LogP) is 2.88. The van der Waals surface area contributed by atoms with E-state index >= 15 is 0 Å². The smallest absolute Gasteiger partial charge is 0.242 e. The van der Waals surface area contributed by atoms with Crippen LogP contribution in [0.4, 0.5) is 10.1 Å². The lowest BCUT2D eigenvalue weighted by atomic mass is 10.1. The molecule has 0 saturated carbocycles. The first kappa shape index (κ1) is 16.4. The van der Waals surface area contributed by atoms with E-state index in [-0.39, 0.29) is 15.1 Å². The number of sulfonamides is 1. The summed E-state index contributed by atoms with van der Waals surface area (Å²) in [7, 11) is -3.70. The summed E-state index contributed by atoms with van der Waals surface area (Å²) in [5, 5.41) is 0. The average Bonchev–Trinajstić information content (AvgIpc) is 2.29. The molecule has 0 aromatic heterocycles. The van der Waals surface area contributed by atoms with Gasteiger partial charge in [0.2, 0.25) is 10.0 Å². The molecule has 0 aliphatic rings. The van der Waals surface area contributed by atoms with Crippen LogP contribution in [0.25, 0.3) is 0 Å². The van der Waals surface area contributed by atoms with Crippen LogP contribution < -0.4 is 10.5 Å². The molecule has 0 radical (unpaired) electrons. The van der Waals surface area contributed by atoms with E-state index < -0.39 is 15.8 Å². The molecule has 0 fully saturated rings. The SMILES string of the molecule is CC(C)CCCNS(=O)(=O)c1cc(Br)c(F)cc1N. The monoisotopic (exact) mass is 352 g/mol. The minimum Gasteiger partial charge on any atom is -0.398 e. The Labute approximate surface area is 121 Å². The Morgan fingerprint density at radius 1 is 1.42 bits per heavy atom. The van der Waals surface area contributed by atoms with Crippen molar-refractivity contribution in [2.24, 2.45) is 5.92 Å². The molecule has 0 unspecified atom stereocenters. The van der Waals surface area contributed by atoms with Crippen LogP contribution in [0.2, 0.25) is 0 Å². The van der Waals surface area contributed by atoms with Crippen molar-refractivity contribution in [3.63, 3.8) is 0 Å². The Hall–Kier alpha value is -0.660. The lowest BCUT2D eigenvalue weighted by Gasteiger charge is -2.10. The fourth-order valence-electron chi connectivity index (χ4n) is 1.57. The Kier molecular flexibility index (Phi) is 5.76. The normalized spacial score (nSPS) is 12.1. The summed E-state index contributed by atoms with van der Waals surface area (Å²) in [5.41, 5.74) is 5.45. The van der Waals surface area contributed by atoms with E-state index in [0.717, 1.165) is 18.9 Å². The molecule has 1 rings (SSSR count). The lowest BCUT2D eigenvalue weighted by Crippen LogP contribution is -2.26. The van der Waals surface area contributed by atoms with Gasteiger partial charge in [-0.05, 0) is 46.8 Å². The molecular weight excluding hydrogens is 335 g/mol. The third-order valence-corrected chi connectivity index (χ3v) is 4.72. The largest absolute Gasteiger partial charge is 0.398 e. The highest BCUT2D eigenvalue weighted by Crippen LogP contribution is 2.25. The van der Waals surface area contributed by atoms with E-state index in [2.05, 4.69) is 34.5 Å².